The van der Waals surface area contributed by atoms with Gasteiger partial charge in [-0.25, -0.2) is 9.69 Å². The molecule has 2 amide bonds. The summed E-state index contributed by atoms with van der Waals surface area (Å²) in [6.45, 7) is 1.67. The number of imide groups is 1. The fraction of sp³-hybridized carbons (Fsp3) is 0.250. The van der Waals surface area contributed by atoms with Gasteiger partial charge in [-0.2, -0.15) is 0 Å². The van der Waals surface area contributed by atoms with Gasteiger partial charge in [-0.15, -0.1) is 0 Å². The fourth-order valence-corrected chi connectivity index (χ4v) is 1.93. The Bertz CT molecular complexity index is 553. The van der Waals surface area contributed by atoms with Gasteiger partial charge in [0.05, 0.1) is 16.9 Å². The Balaban J connectivity index is 2.43. The minimum atomic E-state index is -1.11. The molecule has 94 valence electrons. The van der Waals surface area contributed by atoms with Crippen LogP contribution in [-0.2, 0) is 9.59 Å². The molecule has 0 bridgehead atoms. The van der Waals surface area contributed by atoms with Crippen molar-refractivity contribution in [3.63, 3.8) is 0 Å². The van der Waals surface area contributed by atoms with Crippen molar-refractivity contribution in [2.24, 2.45) is 5.92 Å². The first-order valence-electron chi connectivity index (χ1n) is 5.41. The highest BCUT2D eigenvalue weighted by molar-refractivity contribution is 6.22. The molecule has 1 saturated heterocycles. The molecule has 0 spiro atoms. The zero-order valence-corrected chi connectivity index (χ0v) is 9.71. The molecule has 2 rings (SSSR count). The summed E-state index contributed by atoms with van der Waals surface area (Å²) >= 11 is 0. The lowest BCUT2D eigenvalue weighted by molar-refractivity contribution is -0.122. The summed E-state index contributed by atoms with van der Waals surface area (Å²) < 4.78 is 0. The van der Waals surface area contributed by atoms with E-state index in [9.17, 15) is 14.4 Å². The predicted octanol–water partition coefficient (Wildman–Crippen LogP) is 0.866. The standard InChI is InChI=1S/C12H12N2O4/c1-6-4-10(15)14(11(6)16)9-3-2-7(12(17)18)5-8(9)13/h2-3,5-6H,4,13H2,1H3,(H,17,18). The molecule has 1 unspecified atom stereocenters. The van der Waals surface area contributed by atoms with Crippen LogP contribution >= 0.6 is 0 Å². The van der Waals surface area contributed by atoms with E-state index in [0.717, 1.165) is 4.90 Å². The molecule has 0 saturated carbocycles. The molecular formula is C12H12N2O4. The van der Waals surface area contributed by atoms with Crippen molar-refractivity contribution in [3.05, 3.63) is 23.8 Å². The second-order valence-corrected chi connectivity index (χ2v) is 4.25. The summed E-state index contributed by atoms with van der Waals surface area (Å²) in [5, 5.41) is 8.81. The number of hydrogen-bond donors (Lipinski definition) is 2. The van der Waals surface area contributed by atoms with Crippen molar-refractivity contribution >= 4 is 29.2 Å². The van der Waals surface area contributed by atoms with Gasteiger partial charge in [0, 0.05) is 12.3 Å². The molecule has 6 heteroatoms. The zero-order chi connectivity index (χ0) is 13.4. The van der Waals surface area contributed by atoms with Crippen molar-refractivity contribution in [3.8, 4) is 0 Å². The maximum atomic E-state index is 11.8. The van der Waals surface area contributed by atoms with E-state index in [2.05, 4.69) is 0 Å². The summed E-state index contributed by atoms with van der Waals surface area (Å²) in [5.41, 5.74) is 6.07. The van der Waals surface area contributed by atoms with Crippen molar-refractivity contribution in [2.75, 3.05) is 10.6 Å². The minimum absolute atomic E-state index is 0.0170. The highest BCUT2D eigenvalue weighted by Crippen LogP contribution is 2.31. The van der Waals surface area contributed by atoms with E-state index in [1.807, 2.05) is 0 Å². The summed E-state index contributed by atoms with van der Waals surface area (Å²) in [5.74, 6) is -2.10. The number of benzene rings is 1. The SMILES string of the molecule is CC1CC(=O)N(c2ccc(C(=O)O)cc2N)C1=O. The Morgan fingerprint density at radius 1 is 1.44 bits per heavy atom. The van der Waals surface area contributed by atoms with Gasteiger partial charge >= 0.3 is 5.97 Å². The number of nitrogen functional groups attached to an aromatic ring is 1. The lowest BCUT2D eigenvalue weighted by atomic mass is 10.1. The van der Waals surface area contributed by atoms with Crippen LogP contribution in [0.25, 0.3) is 0 Å². The summed E-state index contributed by atoms with van der Waals surface area (Å²) in [4.78, 5) is 35.3. The molecule has 0 aromatic heterocycles. The third-order valence-electron chi connectivity index (χ3n) is 2.89. The van der Waals surface area contributed by atoms with Crippen molar-refractivity contribution in [2.45, 2.75) is 13.3 Å². The highest BCUT2D eigenvalue weighted by atomic mass is 16.4. The smallest absolute Gasteiger partial charge is 0.335 e. The van der Waals surface area contributed by atoms with E-state index in [4.69, 9.17) is 10.8 Å². The van der Waals surface area contributed by atoms with Gasteiger partial charge in [0.15, 0.2) is 0 Å². The maximum Gasteiger partial charge on any atom is 0.335 e. The number of rotatable bonds is 2. The largest absolute Gasteiger partial charge is 0.478 e. The number of anilines is 2. The number of hydrogen-bond acceptors (Lipinski definition) is 4. The second-order valence-electron chi connectivity index (χ2n) is 4.25. The molecule has 1 aliphatic rings. The van der Waals surface area contributed by atoms with E-state index in [1.165, 1.54) is 18.2 Å². The maximum absolute atomic E-state index is 11.8. The molecule has 0 aliphatic carbocycles. The summed E-state index contributed by atoms with van der Waals surface area (Å²) in [7, 11) is 0. The zero-order valence-electron chi connectivity index (χ0n) is 9.71. The molecular weight excluding hydrogens is 236 g/mol. The van der Waals surface area contributed by atoms with E-state index in [0.29, 0.717) is 0 Å². The Morgan fingerprint density at radius 2 is 2.11 bits per heavy atom. The number of nitrogens with zero attached hydrogens (tertiary/aromatic N) is 1. The van der Waals surface area contributed by atoms with Gasteiger partial charge in [0.25, 0.3) is 0 Å². The van der Waals surface area contributed by atoms with Crippen molar-refractivity contribution in [1.29, 1.82) is 0 Å². The van der Waals surface area contributed by atoms with Gasteiger partial charge in [-0.05, 0) is 18.2 Å². The van der Waals surface area contributed by atoms with Crippen molar-refractivity contribution < 1.29 is 19.5 Å². The van der Waals surface area contributed by atoms with Crippen LogP contribution < -0.4 is 10.6 Å². The molecule has 1 aromatic carbocycles. The average molecular weight is 248 g/mol. The van der Waals surface area contributed by atoms with Crippen LogP contribution in [0.4, 0.5) is 11.4 Å². The minimum Gasteiger partial charge on any atom is -0.478 e. The number of carboxylic acids is 1. The Hall–Kier alpha value is -2.37. The Morgan fingerprint density at radius 3 is 2.56 bits per heavy atom. The highest BCUT2D eigenvalue weighted by Gasteiger charge is 2.37. The predicted molar refractivity (Wildman–Crippen MR) is 64.1 cm³/mol. The van der Waals surface area contributed by atoms with Gasteiger partial charge in [0.2, 0.25) is 11.8 Å². The molecule has 18 heavy (non-hydrogen) atoms. The molecule has 1 aliphatic heterocycles. The third kappa shape index (κ3) is 1.81. The quantitative estimate of drug-likeness (QED) is 0.597. The first kappa shape index (κ1) is 12.1. The first-order valence-corrected chi connectivity index (χ1v) is 5.41. The number of carbonyl (C=O) groups is 3. The molecule has 3 N–H and O–H groups in total. The van der Waals surface area contributed by atoms with Crippen LogP contribution in [0.2, 0.25) is 0 Å². The number of nitrogens with two attached hydrogens (primary N) is 1. The van der Waals surface area contributed by atoms with Gasteiger partial charge in [-0.3, -0.25) is 9.59 Å². The molecule has 6 nitrogen and oxygen atoms in total. The number of aromatic carboxylic acids is 1. The molecule has 1 heterocycles. The molecule has 0 radical (unpaired) electrons. The van der Waals surface area contributed by atoms with Crippen LogP contribution in [0.15, 0.2) is 18.2 Å². The van der Waals surface area contributed by atoms with E-state index >= 15 is 0 Å². The number of carbonyl (C=O) groups excluding carboxylic acids is 2. The number of carboxylic acid groups (broad SMARTS) is 1. The molecule has 1 aromatic rings. The van der Waals surface area contributed by atoms with Gasteiger partial charge in [-0.1, -0.05) is 6.92 Å². The van der Waals surface area contributed by atoms with Gasteiger partial charge < -0.3 is 10.8 Å². The molecule has 1 atom stereocenters. The van der Waals surface area contributed by atoms with E-state index < -0.39 is 5.97 Å². The lowest BCUT2D eigenvalue weighted by Gasteiger charge is -2.16. The van der Waals surface area contributed by atoms with Crippen LogP contribution in [0, 0.1) is 5.92 Å². The summed E-state index contributed by atoms with van der Waals surface area (Å²) in [6, 6.07) is 3.94. The van der Waals surface area contributed by atoms with Crippen LogP contribution in [0.3, 0.4) is 0 Å². The van der Waals surface area contributed by atoms with Crippen LogP contribution in [-0.4, -0.2) is 22.9 Å². The Kier molecular flexibility index (Phi) is 2.78. The van der Waals surface area contributed by atoms with Crippen LogP contribution in [0.5, 0.6) is 0 Å². The van der Waals surface area contributed by atoms with E-state index in [-0.39, 0.29) is 41.1 Å². The summed E-state index contributed by atoms with van der Waals surface area (Å²) in [6.07, 6.45) is 0.152. The Labute approximate surface area is 103 Å². The first-order chi connectivity index (χ1) is 8.41. The topological polar surface area (TPSA) is 101 Å². The van der Waals surface area contributed by atoms with Crippen LogP contribution in [0.1, 0.15) is 23.7 Å². The van der Waals surface area contributed by atoms with Crippen molar-refractivity contribution in [1.82, 2.24) is 0 Å². The molecule has 1 fully saturated rings. The second kappa shape index (κ2) is 4.14. The monoisotopic (exact) mass is 248 g/mol. The van der Waals surface area contributed by atoms with E-state index in [1.54, 1.807) is 6.92 Å². The average Bonchev–Trinajstić information content (AvgIpc) is 2.54. The lowest BCUT2D eigenvalue weighted by Crippen LogP contribution is -2.30. The number of amides is 2. The fourth-order valence-electron chi connectivity index (χ4n) is 1.93. The normalized spacial score (nSPS) is 19.4. The van der Waals surface area contributed by atoms with Gasteiger partial charge in [0.1, 0.15) is 0 Å². The third-order valence-corrected chi connectivity index (χ3v) is 2.89.